The van der Waals surface area contributed by atoms with Crippen LogP contribution in [0.5, 0.6) is 5.75 Å². The quantitative estimate of drug-likeness (QED) is 0.679. The molecule has 8 heteroatoms. The fourth-order valence-corrected chi connectivity index (χ4v) is 4.51. The minimum atomic E-state index is -3.77. The van der Waals surface area contributed by atoms with Crippen LogP contribution in [0.25, 0.3) is 0 Å². The molecule has 0 aliphatic rings. The Morgan fingerprint density at radius 2 is 1.91 bits per heavy atom. The fraction of sp³-hybridized carbons (Fsp3) is 0.200. The molecule has 124 valence electrons. The molecule has 0 heterocycles. The van der Waals surface area contributed by atoms with E-state index in [0.717, 1.165) is 0 Å². The summed E-state index contributed by atoms with van der Waals surface area (Å²) in [6, 6.07) is 9.67. The highest BCUT2D eigenvalue weighted by Crippen LogP contribution is 2.29. The van der Waals surface area contributed by atoms with E-state index in [1.54, 1.807) is 30.3 Å². The van der Waals surface area contributed by atoms with Crippen molar-refractivity contribution in [1.29, 1.82) is 0 Å². The Morgan fingerprint density at radius 3 is 2.57 bits per heavy atom. The average Bonchev–Trinajstić information content (AvgIpc) is 2.51. The average molecular weight is 465 g/mol. The number of nitrogens with one attached hydrogen (secondary N) is 1. The molecule has 2 aromatic carbocycles. The first-order valence-corrected chi connectivity index (χ1v) is 9.78. The molecule has 0 saturated heterocycles. The van der Waals surface area contributed by atoms with Crippen molar-refractivity contribution in [2.75, 3.05) is 11.3 Å². The van der Waals surface area contributed by atoms with Gasteiger partial charge in [-0.25, -0.2) is 8.42 Å². The van der Waals surface area contributed by atoms with Gasteiger partial charge in [-0.15, -0.1) is 0 Å². The first kappa shape index (κ1) is 18.3. The Morgan fingerprint density at radius 1 is 1.17 bits per heavy atom. The molecule has 2 N–H and O–H groups in total. The number of aliphatic hydroxyl groups excluding tert-OH is 1. The fourth-order valence-electron chi connectivity index (χ4n) is 1.96. The smallest absolute Gasteiger partial charge is 0.263 e. The number of anilines is 1. The molecule has 23 heavy (non-hydrogen) atoms. The molecule has 0 radical (unpaired) electrons. The van der Waals surface area contributed by atoms with Gasteiger partial charge in [0.1, 0.15) is 10.6 Å². The minimum Gasteiger partial charge on any atom is -0.494 e. The minimum absolute atomic E-state index is 0.117. The van der Waals surface area contributed by atoms with Gasteiger partial charge in [0.25, 0.3) is 10.0 Å². The SMILES string of the molecule is CCOc1ccc(NS(=O)(=O)c2cc(Br)ccc2Br)cc1CO. The highest BCUT2D eigenvalue weighted by molar-refractivity contribution is 9.11. The van der Waals surface area contributed by atoms with Crippen LogP contribution in [0.15, 0.2) is 50.2 Å². The van der Waals surface area contributed by atoms with Gasteiger partial charge in [-0.1, -0.05) is 15.9 Å². The van der Waals surface area contributed by atoms with Gasteiger partial charge in [0.2, 0.25) is 0 Å². The number of halogens is 2. The first-order chi connectivity index (χ1) is 10.9. The van der Waals surface area contributed by atoms with Gasteiger partial charge in [-0.3, -0.25) is 4.72 Å². The molecular weight excluding hydrogens is 450 g/mol. The summed E-state index contributed by atoms with van der Waals surface area (Å²) < 4.78 is 34.1. The summed E-state index contributed by atoms with van der Waals surface area (Å²) in [5, 5.41) is 9.39. The molecule has 2 rings (SSSR count). The maximum absolute atomic E-state index is 12.5. The number of aliphatic hydroxyl groups is 1. The van der Waals surface area contributed by atoms with Crippen molar-refractivity contribution >= 4 is 47.6 Å². The summed E-state index contributed by atoms with van der Waals surface area (Å²) in [5.74, 6) is 0.529. The molecular formula is C15H15Br2NO4S. The molecule has 0 unspecified atom stereocenters. The van der Waals surface area contributed by atoms with E-state index < -0.39 is 10.0 Å². The van der Waals surface area contributed by atoms with Gasteiger partial charge in [0.15, 0.2) is 0 Å². The molecule has 0 spiro atoms. The molecule has 0 atom stereocenters. The number of sulfonamides is 1. The summed E-state index contributed by atoms with van der Waals surface area (Å²) in [4.78, 5) is 0.117. The van der Waals surface area contributed by atoms with Crippen molar-refractivity contribution in [2.24, 2.45) is 0 Å². The number of benzene rings is 2. The van der Waals surface area contributed by atoms with E-state index in [1.165, 1.54) is 6.07 Å². The normalized spacial score (nSPS) is 11.3. The van der Waals surface area contributed by atoms with Crippen molar-refractivity contribution in [1.82, 2.24) is 0 Å². The summed E-state index contributed by atoms with van der Waals surface area (Å²) in [6.45, 7) is 2.05. The lowest BCUT2D eigenvalue weighted by Gasteiger charge is -2.13. The first-order valence-electron chi connectivity index (χ1n) is 6.72. The van der Waals surface area contributed by atoms with Gasteiger partial charge in [-0.2, -0.15) is 0 Å². The molecule has 0 bridgehead atoms. The molecule has 5 nitrogen and oxygen atoms in total. The third-order valence-corrected chi connectivity index (χ3v) is 5.83. The van der Waals surface area contributed by atoms with Crippen LogP contribution in [0, 0.1) is 0 Å². The highest BCUT2D eigenvalue weighted by Gasteiger charge is 2.19. The summed E-state index contributed by atoms with van der Waals surface area (Å²) in [7, 11) is -3.77. The van der Waals surface area contributed by atoms with Crippen LogP contribution >= 0.6 is 31.9 Å². The van der Waals surface area contributed by atoms with Gasteiger partial charge in [-0.05, 0) is 59.3 Å². The number of rotatable bonds is 6. The number of hydrogen-bond acceptors (Lipinski definition) is 4. The van der Waals surface area contributed by atoms with Crippen molar-refractivity contribution < 1.29 is 18.3 Å². The van der Waals surface area contributed by atoms with Gasteiger partial charge < -0.3 is 9.84 Å². The van der Waals surface area contributed by atoms with Crippen LogP contribution in [0.3, 0.4) is 0 Å². The largest absolute Gasteiger partial charge is 0.494 e. The number of ether oxygens (including phenoxy) is 1. The maximum Gasteiger partial charge on any atom is 0.263 e. The number of hydrogen-bond donors (Lipinski definition) is 2. The zero-order chi connectivity index (χ0) is 17.0. The van der Waals surface area contributed by atoms with Gasteiger partial charge in [0.05, 0.1) is 13.2 Å². The van der Waals surface area contributed by atoms with Crippen LogP contribution < -0.4 is 9.46 Å². The Kier molecular flexibility index (Phi) is 6.07. The lowest BCUT2D eigenvalue weighted by molar-refractivity contribution is 0.267. The Balaban J connectivity index is 2.35. The molecule has 0 fully saturated rings. The zero-order valence-electron chi connectivity index (χ0n) is 12.2. The molecule has 0 amide bonds. The van der Waals surface area contributed by atoms with Gasteiger partial charge >= 0.3 is 0 Å². The van der Waals surface area contributed by atoms with Crippen molar-refractivity contribution in [3.05, 3.63) is 50.9 Å². The molecule has 0 aliphatic heterocycles. The summed E-state index contributed by atoms with van der Waals surface area (Å²) >= 11 is 6.50. The van der Waals surface area contributed by atoms with Crippen molar-refractivity contribution in [2.45, 2.75) is 18.4 Å². The Labute approximate surface area is 152 Å². The van der Waals surface area contributed by atoms with Crippen LogP contribution in [0.1, 0.15) is 12.5 Å². The second-order valence-corrected chi connectivity index (χ2v) is 8.01. The molecule has 0 saturated carbocycles. The predicted octanol–water partition coefficient (Wildman–Crippen LogP) is 3.90. The highest BCUT2D eigenvalue weighted by atomic mass is 79.9. The standard InChI is InChI=1S/C15H15Br2NO4S/c1-2-22-14-6-4-12(7-10(14)9-19)18-23(20,21)15-8-11(16)3-5-13(15)17/h3-8,18-19H,2,9H2,1H3. The monoisotopic (exact) mass is 463 g/mol. The summed E-state index contributed by atoms with van der Waals surface area (Å²) in [5.41, 5.74) is 0.865. The van der Waals surface area contributed by atoms with E-state index in [2.05, 4.69) is 36.6 Å². The van der Waals surface area contributed by atoms with E-state index >= 15 is 0 Å². The van der Waals surface area contributed by atoms with Crippen LogP contribution in [-0.4, -0.2) is 20.1 Å². The Hall–Kier alpha value is -1.09. The molecule has 0 aliphatic carbocycles. The maximum atomic E-state index is 12.5. The van der Waals surface area contributed by atoms with E-state index in [0.29, 0.717) is 32.6 Å². The van der Waals surface area contributed by atoms with E-state index in [9.17, 15) is 13.5 Å². The second-order valence-electron chi connectivity index (χ2n) is 4.59. The Bertz CT molecular complexity index is 809. The molecule has 0 aromatic heterocycles. The van der Waals surface area contributed by atoms with Crippen molar-refractivity contribution in [3.63, 3.8) is 0 Å². The van der Waals surface area contributed by atoms with Gasteiger partial charge in [0, 0.05) is 20.2 Å². The third-order valence-electron chi connectivity index (χ3n) is 2.97. The van der Waals surface area contributed by atoms with Crippen LogP contribution in [0.4, 0.5) is 5.69 Å². The lowest BCUT2D eigenvalue weighted by atomic mass is 10.2. The van der Waals surface area contributed by atoms with E-state index in [-0.39, 0.29) is 11.5 Å². The predicted molar refractivity (Wildman–Crippen MR) is 96.2 cm³/mol. The topological polar surface area (TPSA) is 75.6 Å². The lowest BCUT2D eigenvalue weighted by Crippen LogP contribution is -2.14. The second kappa shape index (κ2) is 7.65. The van der Waals surface area contributed by atoms with E-state index in [1.807, 2.05) is 6.92 Å². The van der Waals surface area contributed by atoms with Crippen LogP contribution in [0.2, 0.25) is 0 Å². The zero-order valence-corrected chi connectivity index (χ0v) is 16.2. The van der Waals surface area contributed by atoms with Crippen molar-refractivity contribution in [3.8, 4) is 5.75 Å². The third kappa shape index (κ3) is 4.47. The molecule has 2 aromatic rings. The van der Waals surface area contributed by atoms with Crippen LogP contribution in [-0.2, 0) is 16.6 Å². The summed E-state index contributed by atoms with van der Waals surface area (Å²) in [6.07, 6.45) is 0. The van der Waals surface area contributed by atoms with E-state index in [4.69, 9.17) is 4.74 Å².